The maximum atomic E-state index is 13.4. The minimum absolute atomic E-state index is 0.0682. The number of rotatable bonds is 8. The zero-order valence-corrected chi connectivity index (χ0v) is 17.1. The number of ketones is 1. The molecule has 0 saturated carbocycles. The molecule has 0 bridgehead atoms. The van der Waals surface area contributed by atoms with E-state index in [9.17, 15) is 30.8 Å². The van der Waals surface area contributed by atoms with Gasteiger partial charge in [-0.1, -0.05) is 18.5 Å². The lowest BCUT2D eigenvalue weighted by atomic mass is 10.0. The van der Waals surface area contributed by atoms with Gasteiger partial charge >= 0.3 is 6.18 Å². The summed E-state index contributed by atoms with van der Waals surface area (Å²) in [5, 5.41) is 0.380. The molecule has 0 aromatic heterocycles. The molecule has 0 N–H and O–H groups in total. The predicted molar refractivity (Wildman–Crippen MR) is 102 cm³/mol. The number of unbranched alkanes of at least 4 members (excludes halogenated alkanes) is 1. The topological polar surface area (TPSA) is 51.2 Å². The number of aryl methyl sites for hydroxylation is 1. The van der Waals surface area contributed by atoms with E-state index >= 15 is 0 Å². The van der Waals surface area contributed by atoms with Crippen molar-refractivity contribution in [1.82, 2.24) is 0 Å². The minimum atomic E-state index is -4.75. The van der Waals surface area contributed by atoms with Gasteiger partial charge in [-0.2, -0.15) is 13.2 Å². The standard InChI is InChI=1S/C20H19ClF4O3S/c1-2-29(27,28)19-8-7-16(21)10-13(19)5-3-4-6-18(26)14-9-15(20(23,24)25)12-17(22)11-14/h7-12H,2-6H2,1H3. The summed E-state index contributed by atoms with van der Waals surface area (Å²) < 4.78 is 76.1. The van der Waals surface area contributed by atoms with Crippen LogP contribution < -0.4 is 0 Å². The molecule has 2 aromatic rings. The van der Waals surface area contributed by atoms with Gasteiger partial charge in [-0.15, -0.1) is 0 Å². The summed E-state index contributed by atoms with van der Waals surface area (Å²) in [6, 6.07) is 6.22. The molecule has 0 unspecified atom stereocenters. The molecule has 0 saturated heterocycles. The van der Waals surface area contributed by atoms with Gasteiger partial charge in [0.05, 0.1) is 16.2 Å². The molecule has 0 radical (unpaired) electrons. The second-order valence-electron chi connectivity index (χ2n) is 6.51. The van der Waals surface area contributed by atoms with Crippen molar-refractivity contribution in [2.75, 3.05) is 5.75 Å². The largest absolute Gasteiger partial charge is 0.416 e. The number of benzene rings is 2. The summed E-state index contributed by atoms with van der Waals surface area (Å²) in [6.07, 6.45) is -3.78. The SMILES string of the molecule is CCS(=O)(=O)c1ccc(Cl)cc1CCCCC(=O)c1cc(F)cc(C(F)(F)F)c1. The Kier molecular flexibility index (Phi) is 7.45. The molecule has 0 fully saturated rings. The number of sulfone groups is 1. The van der Waals surface area contributed by atoms with Gasteiger partial charge in [-0.05, 0) is 61.2 Å². The quantitative estimate of drug-likeness (QED) is 0.286. The van der Waals surface area contributed by atoms with Gasteiger partial charge in [0.25, 0.3) is 0 Å². The summed E-state index contributed by atoms with van der Waals surface area (Å²) in [6.45, 7) is 1.53. The fourth-order valence-electron chi connectivity index (χ4n) is 2.86. The van der Waals surface area contributed by atoms with Gasteiger partial charge in [-0.25, -0.2) is 12.8 Å². The fourth-order valence-corrected chi connectivity index (χ4v) is 4.20. The van der Waals surface area contributed by atoms with Gasteiger partial charge in [-0.3, -0.25) is 4.79 Å². The van der Waals surface area contributed by atoms with Crippen molar-refractivity contribution in [1.29, 1.82) is 0 Å². The summed E-state index contributed by atoms with van der Waals surface area (Å²) in [4.78, 5) is 12.3. The summed E-state index contributed by atoms with van der Waals surface area (Å²) >= 11 is 5.94. The van der Waals surface area contributed by atoms with Crippen LogP contribution in [-0.4, -0.2) is 20.0 Å². The molecule has 2 rings (SSSR count). The highest BCUT2D eigenvalue weighted by Gasteiger charge is 2.31. The Labute approximate surface area is 171 Å². The van der Waals surface area contributed by atoms with Crippen LogP contribution >= 0.6 is 11.6 Å². The minimum Gasteiger partial charge on any atom is -0.294 e. The van der Waals surface area contributed by atoms with Crippen LogP contribution in [0.4, 0.5) is 17.6 Å². The Balaban J connectivity index is 2.04. The van der Waals surface area contributed by atoms with E-state index in [-0.39, 0.29) is 22.6 Å². The number of carbonyl (C=O) groups is 1. The highest BCUT2D eigenvalue weighted by molar-refractivity contribution is 7.91. The lowest BCUT2D eigenvalue weighted by Gasteiger charge is -2.11. The van der Waals surface area contributed by atoms with Crippen LogP contribution in [0.5, 0.6) is 0 Å². The van der Waals surface area contributed by atoms with E-state index in [4.69, 9.17) is 11.6 Å². The van der Waals surface area contributed by atoms with Gasteiger partial charge in [0.2, 0.25) is 0 Å². The number of carbonyl (C=O) groups excluding carboxylic acids is 1. The van der Waals surface area contributed by atoms with Crippen molar-refractivity contribution in [3.63, 3.8) is 0 Å². The van der Waals surface area contributed by atoms with Crippen molar-refractivity contribution >= 4 is 27.2 Å². The van der Waals surface area contributed by atoms with Crippen LogP contribution in [0.25, 0.3) is 0 Å². The Morgan fingerprint density at radius 2 is 1.76 bits per heavy atom. The number of hydrogen-bond acceptors (Lipinski definition) is 3. The molecule has 0 aliphatic heterocycles. The molecule has 9 heteroatoms. The Bertz CT molecular complexity index is 1000. The lowest BCUT2D eigenvalue weighted by Crippen LogP contribution is -2.09. The summed E-state index contributed by atoms with van der Waals surface area (Å²) in [7, 11) is -3.44. The number of Topliss-reactive ketones (excluding diaryl/α,β-unsaturated/α-hetero) is 1. The van der Waals surface area contributed by atoms with E-state index < -0.39 is 33.2 Å². The van der Waals surface area contributed by atoms with E-state index in [1.165, 1.54) is 19.1 Å². The smallest absolute Gasteiger partial charge is 0.294 e. The Morgan fingerprint density at radius 3 is 2.38 bits per heavy atom. The zero-order chi connectivity index (χ0) is 21.8. The van der Waals surface area contributed by atoms with Crippen LogP contribution in [0, 0.1) is 5.82 Å². The second-order valence-corrected chi connectivity index (χ2v) is 9.20. The van der Waals surface area contributed by atoms with Crippen LogP contribution in [0.15, 0.2) is 41.3 Å². The van der Waals surface area contributed by atoms with E-state index in [0.29, 0.717) is 42.0 Å². The number of hydrogen-bond donors (Lipinski definition) is 0. The predicted octanol–water partition coefficient (Wildman–Crippen LogP) is 5.89. The lowest BCUT2D eigenvalue weighted by molar-refractivity contribution is -0.137. The summed E-state index contributed by atoms with van der Waals surface area (Å²) in [5.74, 6) is -1.81. The van der Waals surface area contributed by atoms with Crippen LogP contribution in [0.3, 0.4) is 0 Å². The van der Waals surface area contributed by atoms with Crippen molar-refractivity contribution in [2.24, 2.45) is 0 Å². The van der Waals surface area contributed by atoms with Gasteiger partial charge in [0.15, 0.2) is 15.6 Å². The van der Waals surface area contributed by atoms with Crippen LogP contribution in [-0.2, 0) is 22.4 Å². The number of alkyl halides is 3. The van der Waals surface area contributed by atoms with Gasteiger partial charge in [0.1, 0.15) is 5.82 Å². The first kappa shape index (κ1) is 23.3. The maximum Gasteiger partial charge on any atom is 0.416 e. The molecule has 0 amide bonds. The molecule has 0 aliphatic rings. The second kappa shape index (κ2) is 9.26. The first-order chi connectivity index (χ1) is 13.4. The number of halogens is 5. The highest BCUT2D eigenvalue weighted by Crippen LogP contribution is 2.31. The summed E-state index contributed by atoms with van der Waals surface area (Å²) in [5.41, 5.74) is -1.03. The first-order valence-corrected chi connectivity index (χ1v) is 10.9. The van der Waals surface area contributed by atoms with E-state index in [1.54, 1.807) is 6.07 Å². The molecule has 158 valence electrons. The normalized spacial score (nSPS) is 12.2. The molecular formula is C20H19ClF4O3S. The van der Waals surface area contributed by atoms with Crippen LogP contribution in [0.1, 0.15) is 47.7 Å². The zero-order valence-electron chi connectivity index (χ0n) is 15.5. The van der Waals surface area contributed by atoms with Crippen LogP contribution in [0.2, 0.25) is 5.02 Å². The van der Waals surface area contributed by atoms with Gasteiger partial charge in [0, 0.05) is 17.0 Å². The Hall–Kier alpha value is -1.93. The molecule has 0 heterocycles. The van der Waals surface area contributed by atoms with Gasteiger partial charge < -0.3 is 0 Å². The molecule has 29 heavy (non-hydrogen) atoms. The molecule has 0 atom stereocenters. The third kappa shape index (κ3) is 6.27. The third-order valence-electron chi connectivity index (χ3n) is 4.38. The average Bonchev–Trinajstić information content (AvgIpc) is 2.63. The molecule has 0 aliphatic carbocycles. The molecule has 2 aromatic carbocycles. The van der Waals surface area contributed by atoms with Crippen molar-refractivity contribution < 1.29 is 30.8 Å². The monoisotopic (exact) mass is 450 g/mol. The highest BCUT2D eigenvalue weighted by atomic mass is 35.5. The van der Waals surface area contributed by atoms with Crippen molar-refractivity contribution in [3.05, 3.63) is 63.9 Å². The molecule has 0 spiro atoms. The van der Waals surface area contributed by atoms with E-state index in [2.05, 4.69) is 0 Å². The molecular weight excluding hydrogens is 432 g/mol. The first-order valence-electron chi connectivity index (χ1n) is 8.86. The van der Waals surface area contributed by atoms with Crippen molar-refractivity contribution in [3.8, 4) is 0 Å². The average molecular weight is 451 g/mol. The third-order valence-corrected chi connectivity index (χ3v) is 6.45. The maximum absolute atomic E-state index is 13.4. The van der Waals surface area contributed by atoms with E-state index in [0.717, 1.165) is 6.07 Å². The Morgan fingerprint density at radius 1 is 1.07 bits per heavy atom. The molecule has 3 nitrogen and oxygen atoms in total. The van der Waals surface area contributed by atoms with E-state index in [1.807, 2.05) is 0 Å². The van der Waals surface area contributed by atoms with Crippen molar-refractivity contribution in [2.45, 2.75) is 43.7 Å². The fraction of sp³-hybridized carbons (Fsp3) is 0.350.